The van der Waals surface area contributed by atoms with Gasteiger partial charge in [0, 0.05) is 18.1 Å². The molecule has 0 aromatic heterocycles. The van der Waals surface area contributed by atoms with Crippen LogP contribution in [0.15, 0.2) is 0 Å². The maximum atomic E-state index is 3.57. The van der Waals surface area contributed by atoms with Crippen LogP contribution in [0.5, 0.6) is 0 Å². The van der Waals surface area contributed by atoms with E-state index in [9.17, 15) is 0 Å². The topological polar surface area (TPSA) is 15.3 Å². The van der Waals surface area contributed by atoms with Gasteiger partial charge in [0.2, 0.25) is 0 Å². The Hall–Kier alpha value is -0.0800. The van der Waals surface area contributed by atoms with Crippen LogP contribution in [0, 0.1) is 0 Å². The maximum absolute atomic E-state index is 3.57. The molecular weight excluding hydrogens is 172 g/mol. The van der Waals surface area contributed by atoms with Crippen molar-refractivity contribution in [2.24, 2.45) is 0 Å². The Morgan fingerprint density at radius 2 is 1.93 bits per heavy atom. The van der Waals surface area contributed by atoms with Crippen LogP contribution < -0.4 is 5.32 Å². The zero-order valence-corrected chi connectivity index (χ0v) is 9.63. The molecule has 2 heteroatoms. The van der Waals surface area contributed by atoms with Crippen molar-refractivity contribution in [1.82, 2.24) is 10.2 Å². The van der Waals surface area contributed by atoms with Crippen LogP contribution in [-0.4, -0.2) is 36.1 Å². The van der Waals surface area contributed by atoms with Gasteiger partial charge in [0.05, 0.1) is 0 Å². The summed E-state index contributed by atoms with van der Waals surface area (Å²) in [6.45, 7) is 7.30. The molecule has 0 aliphatic carbocycles. The number of likely N-dealkylation sites (tertiary alicyclic amines) is 1. The average molecular weight is 196 g/mol. The standard InChI is InChI=1S/C12H24N2/c1-10-6-4-3-5-9-14(10)12-7-8-13-11(12)2/h10-13H,3-9H2,1-2H3. The second-order valence-electron chi connectivity index (χ2n) is 5.04. The van der Waals surface area contributed by atoms with Crippen LogP contribution in [-0.2, 0) is 0 Å². The van der Waals surface area contributed by atoms with Crippen molar-refractivity contribution in [1.29, 1.82) is 0 Å². The SMILES string of the molecule is CC1NCCC1N1CCCCCC1C. The summed E-state index contributed by atoms with van der Waals surface area (Å²) in [4.78, 5) is 2.76. The molecule has 0 spiro atoms. The molecule has 2 saturated heterocycles. The monoisotopic (exact) mass is 196 g/mol. The Kier molecular flexibility index (Phi) is 3.45. The van der Waals surface area contributed by atoms with Gasteiger partial charge in [-0.05, 0) is 46.2 Å². The van der Waals surface area contributed by atoms with Gasteiger partial charge >= 0.3 is 0 Å². The lowest BCUT2D eigenvalue weighted by Crippen LogP contribution is -2.46. The van der Waals surface area contributed by atoms with Crippen molar-refractivity contribution in [3.8, 4) is 0 Å². The number of nitrogens with one attached hydrogen (secondary N) is 1. The summed E-state index contributed by atoms with van der Waals surface area (Å²) in [6, 6.07) is 2.32. The van der Waals surface area contributed by atoms with Gasteiger partial charge in [-0.3, -0.25) is 4.90 Å². The smallest absolute Gasteiger partial charge is 0.0261 e. The second-order valence-corrected chi connectivity index (χ2v) is 5.04. The molecule has 2 nitrogen and oxygen atoms in total. The van der Waals surface area contributed by atoms with E-state index in [2.05, 4.69) is 24.1 Å². The maximum Gasteiger partial charge on any atom is 0.0261 e. The Labute approximate surface area is 88.1 Å². The number of hydrogen-bond donors (Lipinski definition) is 1. The molecule has 14 heavy (non-hydrogen) atoms. The number of hydrogen-bond acceptors (Lipinski definition) is 2. The van der Waals surface area contributed by atoms with Crippen LogP contribution >= 0.6 is 0 Å². The van der Waals surface area contributed by atoms with Gasteiger partial charge in [-0.15, -0.1) is 0 Å². The van der Waals surface area contributed by atoms with E-state index < -0.39 is 0 Å². The van der Waals surface area contributed by atoms with E-state index in [1.165, 1.54) is 45.2 Å². The van der Waals surface area contributed by atoms with E-state index in [1.807, 2.05) is 0 Å². The summed E-state index contributed by atoms with van der Waals surface area (Å²) in [7, 11) is 0. The molecule has 0 aromatic rings. The third-order valence-electron chi connectivity index (χ3n) is 4.01. The van der Waals surface area contributed by atoms with Crippen molar-refractivity contribution in [3.05, 3.63) is 0 Å². The lowest BCUT2D eigenvalue weighted by molar-refractivity contribution is 0.139. The Bertz CT molecular complexity index is 181. The first-order valence-corrected chi connectivity index (χ1v) is 6.28. The van der Waals surface area contributed by atoms with Crippen molar-refractivity contribution < 1.29 is 0 Å². The van der Waals surface area contributed by atoms with Crippen LogP contribution in [0.4, 0.5) is 0 Å². The fourth-order valence-electron chi connectivity index (χ4n) is 3.09. The molecule has 0 amide bonds. The highest BCUT2D eigenvalue weighted by molar-refractivity contribution is 4.90. The highest BCUT2D eigenvalue weighted by atomic mass is 15.2. The van der Waals surface area contributed by atoms with Crippen LogP contribution in [0.3, 0.4) is 0 Å². The minimum absolute atomic E-state index is 0.704. The molecule has 0 saturated carbocycles. The molecule has 0 radical (unpaired) electrons. The minimum Gasteiger partial charge on any atom is -0.313 e. The summed E-state index contributed by atoms with van der Waals surface area (Å²) in [5.74, 6) is 0. The lowest BCUT2D eigenvalue weighted by atomic mass is 10.1. The lowest BCUT2D eigenvalue weighted by Gasteiger charge is -2.35. The van der Waals surface area contributed by atoms with Crippen molar-refractivity contribution in [2.45, 2.75) is 64.1 Å². The van der Waals surface area contributed by atoms with Crippen molar-refractivity contribution >= 4 is 0 Å². The second kappa shape index (κ2) is 4.63. The predicted molar refractivity (Wildman–Crippen MR) is 60.5 cm³/mol. The molecule has 82 valence electrons. The van der Waals surface area contributed by atoms with Crippen molar-refractivity contribution in [3.63, 3.8) is 0 Å². The summed E-state index contributed by atoms with van der Waals surface area (Å²) in [6.07, 6.45) is 7.05. The van der Waals surface area contributed by atoms with Gasteiger partial charge in [-0.1, -0.05) is 12.8 Å². The Morgan fingerprint density at radius 1 is 1.07 bits per heavy atom. The highest BCUT2D eigenvalue weighted by Crippen LogP contribution is 2.23. The number of rotatable bonds is 1. The first-order valence-electron chi connectivity index (χ1n) is 6.28. The van der Waals surface area contributed by atoms with Gasteiger partial charge < -0.3 is 5.32 Å². The molecule has 3 atom stereocenters. The van der Waals surface area contributed by atoms with Crippen molar-refractivity contribution in [2.75, 3.05) is 13.1 Å². The fourth-order valence-corrected chi connectivity index (χ4v) is 3.09. The normalized spacial score (nSPS) is 41.1. The van der Waals surface area contributed by atoms with E-state index in [-0.39, 0.29) is 0 Å². The van der Waals surface area contributed by atoms with Gasteiger partial charge in [0.1, 0.15) is 0 Å². The van der Waals surface area contributed by atoms with Gasteiger partial charge in [-0.25, -0.2) is 0 Å². The molecule has 1 N–H and O–H groups in total. The molecular formula is C12H24N2. The van der Waals surface area contributed by atoms with E-state index in [4.69, 9.17) is 0 Å². The third kappa shape index (κ3) is 2.12. The molecule has 2 aliphatic heterocycles. The molecule has 2 heterocycles. The first-order chi connectivity index (χ1) is 6.79. The Morgan fingerprint density at radius 3 is 2.64 bits per heavy atom. The van der Waals surface area contributed by atoms with E-state index >= 15 is 0 Å². The van der Waals surface area contributed by atoms with Crippen LogP contribution in [0.1, 0.15) is 46.0 Å². The highest BCUT2D eigenvalue weighted by Gasteiger charge is 2.31. The molecule has 0 bridgehead atoms. The summed E-state index contributed by atoms with van der Waals surface area (Å²) >= 11 is 0. The Balaban J connectivity index is 1.99. The van der Waals surface area contributed by atoms with E-state index in [0.717, 1.165) is 12.1 Å². The molecule has 2 rings (SSSR count). The van der Waals surface area contributed by atoms with E-state index in [1.54, 1.807) is 0 Å². The average Bonchev–Trinajstić information content (AvgIpc) is 2.46. The third-order valence-corrected chi connectivity index (χ3v) is 4.01. The van der Waals surface area contributed by atoms with Crippen LogP contribution in [0.25, 0.3) is 0 Å². The summed E-state index contributed by atoms with van der Waals surface area (Å²) in [5, 5.41) is 3.57. The first kappa shape index (κ1) is 10.4. The molecule has 3 unspecified atom stereocenters. The zero-order chi connectivity index (χ0) is 9.97. The fraction of sp³-hybridized carbons (Fsp3) is 1.00. The summed E-state index contributed by atoms with van der Waals surface area (Å²) < 4.78 is 0. The quantitative estimate of drug-likeness (QED) is 0.690. The molecule has 2 fully saturated rings. The predicted octanol–water partition coefficient (Wildman–Crippen LogP) is 2.00. The molecule has 0 aromatic carbocycles. The van der Waals surface area contributed by atoms with Gasteiger partial charge in [0.15, 0.2) is 0 Å². The zero-order valence-electron chi connectivity index (χ0n) is 9.63. The largest absolute Gasteiger partial charge is 0.313 e. The summed E-state index contributed by atoms with van der Waals surface area (Å²) in [5.41, 5.74) is 0. The molecule has 2 aliphatic rings. The minimum atomic E-state index is 0.704. The van der Waals surface area contributed by atoms with Crippen LogP contribution in [0.2, 0.25) is 0 Å². The van der Waals surface area contributed by atoms with E-state index in [0.29, 0.717) is 6.04 Å². The van der Waals surface area contributed by atoms with Gasteiger partial charge in [0.25, 0.3) is 0 Å². The number of nitrogens with zero attached hydrogens (tertiary/aromatic N) is 1. The van der Waals surface area contributed by atoms with Gasteiger partial charge in [-0.2, -0.15) is 0 Å².